The molecule has 0 rings (SSSR count). The Morgan fingerprint density at radius 3 is 1.73 bits per heavy atom. The van der Waals surface area contributed by atoms with Crippen LogP contribution in [-0.2, 0) is 4.79 Å². The zero-order chi connectivity index (χ0) is 16.5. The topological polar surface area (TPSA) is 17.1 Å². The van der Waals surface area contributed by atoms with Crippen LogP contribution in [0, 0.1) is 0 Å². The lowest BCUT2D eigenvalue weighted by molar-refractivity contribution is -0.108. The Morgan fingerprint density at radius 2 is 1.27 bits per heavy atom. The molecule has 0 aromatic heterocycles. The maximum atomic E-state index is 11.8. The summed E-state index contributed by atoms with van der Waals surface area (Å²) in [5.41, 5.74) is 0.201. The normalized spacial score (nSPS) is 12.7. The standard InChI is InChI=1S/C20H38BO/c1-4-7-9-11-13-15-18-19(21-20(22)16-6-3)17-14-12-10-8-5-2/h6,16,19H,4-5,7-15,17-18H2,1-3H3/b16-6+. The molecule has 1 nitrogen and oxygen atoms in total. The SMILES string of the molecule is C/C=C/C(=O)[B]C(CCCCCCC)CCCCCCCC. The summed E-state index contributed by atoms with van der Waals surface area (Å²) in [4.78, 5) is 11.8. The van der Waals surface area contributed by atoms with E-state index in [9.17, 15) is 4.79 Å². The van der Waals surface area contributed by atoms with E-state index in [2.05, 4.69) is 13.8 Å². The van der Waals surface area contributed by atoms with Crippen molar-refractivity contribution in [2.45, 2.75) is 110 Å². The molecule has 0 saturated heterocycles. The molecule has 0 heterocycles. The lowest BCUT2D eigenvalue weighted by Crippen LogP contribution is -2.14. The molecule has 0 bridgehead atoms. The smallest absolute Gasteiger partial charge is 0.211 e. The van der Waals surface area contributed by atoms with Gasteiger partial charge in [-0.15, -0.1) is 0 Å². The maximum absolute atomic E-state index is 11.8. The Hall–Kier alpha value is -0.525. The van der Waals surface area contributed by atoms with Gasteiger partial charge in [0.05, 0.1) is 0 Å². The molecular formula is C20H38BO. The van der Waals surface area contributed by atoms with Gasteiger partial charge < -0.3 is 4.79 Å². The Kier molecular flexibility index (Phi) is 16.4. The second-order valence-corrected chi connectivity index (χ2v) is 6.59. The molecule has 0 N–H and O–H groups in total. The Labute approximate surface area is 140 Å². The number of rotatable bonds is 16. The van der Waals surface area contributed by atoms with Gasteiger partial charge in [0.1, 0.15) is 5.68 Å². The lowest BCUT2D eigenvalue weighted by Gasteiger charge is -2.14. The molecule has 0 saturated carbocycles. The van der Waals surface area contributed by atoms with Crippen LogP contribution < -0.4 is 0 Å². The van der Waals surface area contributed by atoms with Crippen molar-refractivity contribution in [2.75, 3.05) is 0 Å². The van der Waals surface area contributed by atoms with Gasteiger partial charge >= 0.3 is 0 Å². The first-order valence-electron chi connectivity index (χ1n) is 9.76. The first-order valence-corrected chi connectivity index (χ1v) is 9.76. The van der Waals surface area contributed by atoms with Gasteiger partial charge in [-0.05, 0) is 13.0 Å². The molecule has 0 amide bonds. The molecule has 1 atom stereocenters. The molecule has 0 aliphatic carbocycles. The fourth-order valence-electron chi connectivity index (χ4n) is 2.96. The Balaban J connectivity index is 3.92. The van der Waals surface area contributed by atoms with Crippen LogP contribution in [0.15, 0.2) is 12.2 Å². The maximum Gasteiger partial charge on any atom is 0.211 e. The van der Waals surface area contributed by atoms with Crippen molar-refractivity contribution < 1.29 is 4.79 Å². The summed E-state index contributed by atoms with van der Waals surface area (Å²) in [6.07, 6.45) is 20.6. The van der Waals surface area contributed by atoms with Gasteiger partial charge in [-0.25, -0.2) is 0 Å². The van der Waals surface area contributed by atoms with Crippen molar-refractivity contribution in [3.63, 3.8) is 0 Å². The third-order valence-electron chi connectivity index (χ3n) is 4.34. The highest BCUT2D eigenvalue weighted by atomic mass is 16.1. The van der Waals surface area contributed by atoms with Gasteiger partial charge in [-0.1, -0.05) is 109 Å². The van der Waals surface area contributed by atoms with E-state index >= 15 is 0 Å². The predicted molar refractivity (Wildman–Crippen MR) is 101 cm³/mol. The van der Waals surface area contributed by atoms with Crippen LogP contribution in [-0.4, -0.2) is 13.0 Å². The van der Waals surface area contributed by atoms with Gasteiger partial charge in [-0.3, -0.25) is 0 Å². The summed E-state index contributed by atoms with van der Waals surface area (Å²) in [6, 6.07) is 0. The van der Waals surface area contributed by atoms with E-state index in [1.54, 1.807) is 6.08 Å². The minimum absolute atomic E-state index is 0.201. The Bertz CT molecular complexity index is 273. The molecule has 127 valence electrons. The molecule has 1 radical (unpaired) electrons. The average molecular weight is 305 g/mol. The second-order valence-electron chi connectivity index (χ2n) is 6.59. The van der Waals surface area contributed by atoms with Crippen molar-refractivity contribution in [1.29, 1.82) is 0 Å². The van der Waals surface area contributed by atoms with Crippen molar-refractivity contribution in [3.05, 3.63) is 12.2 Å². The van der Waals surface area contributed by atoms with E-state index < -0.39 is 0 Å². The molecule has 22 heavy (non-hydrogen) atoms. The highest BCUT2D eigenvalue weighted by Crippen LogP contribution is 2.23. The minimum Gasteiger partial charge on any atom is -0.307 e. The van der Waals surface area contributed by atoms with Gasteiger partial charge in [0.2, 0.25) is 7.28 Å². The van der Waals surface area contributed by atoms with Crippen LogP contribution in [0.5, 0.6) is 0 Å². The van der Waals surface area contributed by atoms with Crippen LogP contribution in [0.2, 0.25) is 5.82 Å². The van der Waals surface area contributed by atoms with Crippen molar-refractivity contribution in [1.82, 2.24) is 0 Å². The summed E-state index contributed by atoms with van der Waals surface area (Å²) in [5.74, 6) is 0.497. The molecule has 2 heteroatoms. The summed E-state index contributed by atoms with van der Waals surface area (Å²) >= 11 is 0. The zero-order valence-electron chi connectivity index (χ0n) is 15.4. The number of allylic oxidation sites excluding steroid dienone is 2. The van der Waals surface area contributed by atoms with Gasteiger partial charge in [0, 0.05) is 0 Å². The number of carbonyl (C=O) groups excluding carboxylic acids is 1. The van der Waals surface area contributed by atoms with Gasteiger partial charge in [0.25, 0.3) is 0 Å². The number of hydrogen-bond acceptors (Lipinski definition) is 1. The average Bonchev–Trinajstić information content (AvgIpc) is 2.50. The first-order chi connectivity index (χ1) is 10.7. The highest BCUT2D eigenvalue weighted by Gasteiger charge is 2.14. The largest absolute Gasteiger partial charge is 0.307 e. The van der Waals surface area contributed by atoms with E-state index in [0.717, 1.165) is 0 Å². The van der Waals surface area contributed by atoms with Gasteiger partial charge in [-0.2, -0.15) is 0 Å². The summed E-state index contributed by atoms with van der Waals surface area (Å²) < 4.78 is 0. The predicted octanol–water partition coefficient (Wildman–Crippen LogP) is 6.69. The van der Waals surface area contributed by atoms with Crippen molar-refractivity contribution in [2.24, 2.45) is 0 Å². The summed E-state index contributed by atoms with van der Waals surface area (Å²) in [7, 11) is 1.98. The molecular weight excluding hydrogens is 267 g/mol. The lowest BCUT2D eigenvalue weighted by atomic mass is 9.57. The molecule has 0 aromatic carbocycles. The van der Waals surface area contributed by atoms with Crippen LogP contribution in [0.25, 0.3) is 0 Å². The molecule has 0 fully saturated rings. The van der Waals surface area contributed by atoms with E-state index in [1.807, 2.05) is 20.3 Å². The molecule has 0 aliphatic heterocycles. The Morgan fingerprint density at radius 1 is 0.818 bits per heavy atom. The van der Waals surface area contributed by atoms with Crippen molar-refractivity contribution >= 4 is 13.0 Å². The molecule has 1 unspecified atom stereocenters. The molecule has 0 aliphatic rings. The number of hydrogen-bond donors (Lipinski definition) is 0. The second kappa shape index (κ2) is 16.8. The number of unbranched alkanes of at least 4 members (excludes halogenated alkanes) is 9. The van der Waals surface area contributed by atoms with Crippen LogP contribution in [0.3, 0.4) is 0 Å². The fourth-order valence-corrected chi connectivity index (χ4v) is 2.96. The van der Waals surface area contributed by atoms with Crippen LogP contribution >= 0.6 is 0 Å². The third kappa shape index (κ3) is 14.4. The highest BCUT2D eigenvalue weighted by molar-refractivity contribution is 6.77. The van der Waals surface area contributed by atoms with Crippen LogP contribution in [0.1, 0.15) is 104 Å². The van der Waals surface area contributed by atoms with Crippen LogP contribution in [0.4, 0.5) is 0 Å². The van der Waals surface area contributed by atoms with E-state index in [1.165, 1.54) is 83.5 Å². The summed E-state index contributed by atoms with van der Waals surface area (Å²) in [5, 5.41) is 0. The number of carbonyl (C=O) groups is 1. The first kappa shape index (κ1) is 21.5. The summed E-state index contributed by atoms with van der Waals surface area (Å²) in [6.45, 7) is 6.43. The fraction of sp³-hybridized carbons (Fsp3) is 0.850. The van der Waals surface area contributed by atoms with E-state index in [4.69, 9.17) is 0 Å². The van der Waals surface area contributed by atoms with Crippen molar-refractivity contribution in [3.8, 4) is 0 Å². The minimum atomic E-state index is 0.201. The quantitative estimate of drug-likeness (QED) is 0.176. The third-order valence-corrected chi connectivity index (χ3v) is 4.34. The molecule has 0 spiro atoms. The van der Waals surface area contributed by atoms with Gasteiger partial charge in [0.15, 0.2) is 0 Å². The monoisotopic (exact) mass is 305 g/mol. The zero-order valence-corrected chi connectivity index (χ0v) is 15.4. The molecule has 0 aromatic rings. The van der Waals surface area contributed by atoms with E-state index in [0.29, 0.717) is 5.82 Å². The van der Waals surface area contributed by atoms with E-state index in [-0.39, 0.29) is 5.68 Å².